The maximum absolute atomic E-state index is 12.6. The van der Waals surface area contributed by atoms with Crippen LogP contribution in [0.1, 0.15) is 26.2 Å². The van der Waals surface area contributed by atoms with E-state index in [2.05, 4.69) is 21.6 Å². The van der Waals surface area contributed by atoms with E-state index in [1.165, 1.54) is 12.1 Å². The van der Waals surface area contributed by atoms with Crippen LogP contribution in [0, 0.1) is 0 Å². The summed E-state index contributed by atoms with van der Waals surface area (Å²) in [5.41, 5.74) is 1.44. The third-order valence-electron chi connectivity index (χ3n) is 4.05. The number of ether oxygens (including phenoxy) is 1. The van der Waals surface area contributed by atoms with Gasteiger partial charge in [0.2, 0.25) is 11.8 Å². The number of nitrogens with zero attached hydrogens (tertiary/aromatic N) is 2. The summed E-state index contributed by atoms with van der Waals surface area (Å²) in [6.07, 6.45) is 3.06. The van der Waals surface area contributed by atoms with Crippen LogP contribution in [0.4, 0.5) is 5.95 Å². The molecule has 0 saturated carbocycles. The monoisotopic (exact) mass is 397 g/mol. The van der Waals surface area contributed by atoms with Crippen molar-refractivity contribution in [3.05, 3.63) is 66.7 Å². The lowest BCUT2D eigenvalue weighted by Gasteiger charge is -2.11. The average molecular weight is 398 g/mol. The van der Waals surface area contributed by atoms with E-state index in [1.54, 1.807) is 24.3 Å². The zero-order chi connectivity index (χ0) is 19.8. The van der Waals surface area contributed by atoms with Crippen LogP contribution in [0.5, 0.6) is 5.88 Å². The highest BCUT2D eigenvalue weighted by molar-refractivity contribution is 7.92. The number of anilines is 1. The average Bonchev–Trinajstić information content (AvgIpc) is 2.72. The number of unbranched alkanes of at least 4 members (excludes halogenated alkanes) is 2. The van der Waals surface area contributed by atoms with Gasteiger partial charge in [-0.3, -0.25) is 0 Å². The lowest BCUT2D eigenvalue weighted by atomic mass is 10.1. The molecule has 2 aromatic carbocycles. The SMILES string of the molecule is CCCCCOc1cc(-c2ccccc2)nc(NS(=O)(=O)c2ccccc2)n1. The lowest BCUT2D eigenvalue weighted by Crippen LogP contribution is -2.15. The van der Waals surface area contributed by atoms with Crippen molar-refractivity contribution in [1.29, 1.82) is 0 Å². The molecule has 0 aliphatic carbocycles. The summed E-state index contributed by atoms with van der Waals surface area (Å²) in [6, 6.07) is 19.4. The Morgan fingerprint density at radius 1 is 0.929 bits per heavy atom. The number of hydrogen-bond donors (Lipinski definition) is 1. The predicted molar refractivity (Wildman–Crippen MR) is 110 cm³/mol. The van der Waals surface area contributed by atoms with Crippen LogP contribution in [0.2, 0.25) is 0 Å². The molecular formula is C21H23N3O3S. The Kier molecular flexibility index (Phi) is 6.60. The molecule has 28 heavy (non-hydrogen) atoms. The molecule has 1 aromatic heterocycles. The van der Waals surface area contributed by atoms with Gasteiger partial charge in [0, 0.05) is 11.6 Å². The van der Waals surface area contributed by atoms with E-state index < -0.39 is 10.0 Å². The second-order valence-corrected chi connectivity index (χ2v) is 7.94. The van der Waals surface area contributed by atoms with Gasteiger partial charge in [0.05, 0.1) is 17.2 Å². The Balaban J connectivity index is 1.90. The van der Waals surface area contributed by atoms with Gasteiger partial charge < -0.3 is 4.74 Å². The molecule has 3 rings (SSSR count). The minimum absolute atomic E-state index is 0.0179. The van der Waals surface area contributed by atoms with E-state index in [0.29, 0.717) is 18.2 Å². The fourth-order valence-electron chi connectivity index (χ4n) is 2.61. The summed E-state index contributed by atoms with van der Waals surface area (Å²) in [5, 5.41) is 0. The van der Waals surface area contributed by atoms with Gasteiger partial charge in [-0.05, 0) is 18.6 Å². The fraction of sp³-hybridized carbons (Fsp3) is 0.238. The highest BCUT2D eigenvalue weighted by Gasteiger charge is 2.17. The molecule has 1 N–H and O–H groups in total. The van der Waals surface area contributed by atoms with E-state index in [4.69, 9.17) is 4.74 Å². The van der Waals surface area contributed by atoms with Gasteiger partial charge in [-0.15, -0.1) is 0 Å². The molecule has 0 amide bonds. The Hall–Kier alpha value is -2.93. The van der Waals surface area contributed by atoms with E-state index in [-0.39, 0.29) is 10.8 Å². The Morgan fingerprint density at radius 3 is 2.29 bits per heavy atom. The molecule has 0 bridgehead atoms. The van der Waals surface area contributed by atoms with E-state index in [9.17, 15) is 8.42 Å². The maximum Gasteiger partial charge on any atom is 0.264 e. The Labute approximate surface area is 165 Å². The molecular weight excluding hydrogens is 374 g/mol. The van der Waals surface area contributed by atoms with Gasteiger partial charge in [0.15, 0.2) is 0 Å². The van der Waals surface area contributed by atoms with E-state index >= 15 is 0 Å². The van der Waals surface area contributed by atoms with Crippen LogP contribution in [0.3, 0.4) is 0 Å². The minimum Gasteiger partial charge on any atom is -0.478 e. The molecule has 1 heterocycles. The molecule has 6 nitrogen and oxygen atoms in total. The van der Waals surface area contributed by atoms with Crippen molar-refractivity contribution in [1.82, 2.24) is 9.97 Å². The largest absolute Gasteiger partial charge is 0.478 e. The fourth-order valence-corrected chi connectivity index (χ4v) is 3.57. The number of benzene rings is 2. The highest BCUT2D eigenvalue weighted by atomic mass is 32.2. The first-order chi connectivity index (χ1) is 13.6. The van der Waals surface area contributed by atoms with Crippen LogP contribution in [-0.2, 0) is 10.0 Å². The molecule has 0 unspecified atom stereocenters. The second kappa shape index (κ2) is 9.32. The van der Waals surface area contributed by atoms with Crippen LogP contribution < -0.4 is 9.46 Å². The maximum atomic E-state index is 12.6. The van der Waals surface area contributed by atoms with E-state index in [0.717, 1.165) is 24.8 Å². The first-order valence-corrected chi connectivity index (χ1v) is 10.7. The topological polar surface area (TPSA) is 81.2 Å². The molecule has 0 radical (unpaired) electrons. The van der Waals surface area contributed by atoms with Gasteiger partial charge in [-0.1, -0.05) is 68.3 Å². The van der Waals surface area contributed by atoms with Crippen molar-refractivity contribution in [2.75, 3.05) is 11.3 Å². The van der Waals surface area contributed by atoms with Crippen molar-refractivity contribution in [3.8, 4) is 17.1 Å². The Bertz CT molecular complexity index is 994. The number of sulfonamides is 1. The quantitative estimate of drug-likeness (QED) is 0.537. The highest BCUT2D eigenvalue weighted by Crippen LogP contribution is 2.24. The first kappa shape index (κ1) is 19.8. The standard InChI is InChI=1S/C21H23N3O3S/c1-2-3-10-15-27-20-16-19(17-11-6-4-7-12-17)22-21(23-20)24-28(25,26)18-13-8-5-9-14-18/h4-9,11-14,16H,2-3,10,15H2,1H3,(H,22,23,24). The lowest BCUT2D eigenvalue weighted by molar-refractivity contribution is 0.295. The summed E-state index contributed by atoms with van der Waals surface area (Å²) >= 11 is 0. The molecule has 0 saturated heterocycles. The summed E-state index contributed by atoms with van der Waals surface area (Å²) in [6.45, 7) is 2.64. The van der Waals surface area contributed by atoms with Gasteiger partial charge in [-0.25, -0.2) is 18.1 Å². The van der Waals surface area contributed by atoms with Gasteiger partial charge >= 0.3 is 0 Å². The third kappa shape index (κ3) is 5.29. The van der Waals surface area contributed by atoms with Crippen LogP contribution >= 0.6 is 0 Å². The number of aromatic nitrogens is 2. The van der Waals surface area contributed by atoms with Crippen molar-refractivity contribution in [3.63, 3.8) is 0 Å². The zero-order valence-corrected chi connectivity index (χ0v) is 16.5. The predicted octanol–water partition coefficient (Wildman–Crippen LogP) is 4.51. The van der Waals surface area contributed by atoms with Crippen molar-refractivity contribution < 1.29 is 13.2 Å². The number of rotatable bonds is 9. The molecule has 146 valence electrons. The van der Waals surface area contributed by atoms with Gasteiger partial charge in [-0.2, -0.15) is 4.98 Å². The van der Waals surface area contributed by atoms with Gasteiger partial charge in [0.25, 0.3) is 10.0 Å². The molecule has 0 spiro atoms. The van der Waals surface area contributed by atoms with Crippen molar-refractivity contribution in [2.24, 2.45) is 0 Å². The smallest absolute Gasteiger partial charge is 0.264 e. The second-order valence-electron chi connectivity index (χ2n) is 6.26. The molecule has 0 fully saturated rings. The molecule has 0 atom stereocenters. The van der Waals surface area contributed by atoms with Crippen LogP contribution in [0.25, 0.3) is 11.3 Å². The summed E-state index contributed by atoms with van der Waals surface area (Å²) in [4.78, 5) is 8.77. The molecule has 3 aromatic rings. The molecule has 0 aliphatic rings. The summed E-state index contributed by atoms with van der Waals surface area (Å²) in [7, 11) is -3.79. The zero-order valence-electron chi connectivity index (χ0n) is 15.7. The van der Waals surface area contributed by atoms with Crippen molar-refractivity contribution in [2.45, 2.75) is 31.1 Å². The number of nitrogens with one attached hydrogen (secondary N) is 1. The van der Waals surface area contributed by atoms with Crippen LogP contribution in [0.15, 0.2) is 71.6 Å². The van der Waals surface area contributed by atoms with E-state index in [1.807, 2.05) is 30.3 Å². The molecule has 7 heteroatoms. The van der Waals surface area contributed by atoms with Gasteiger partial charge in [0.1, 0.15) is 0 Å². The van der Waals surface area contributed by atoms with Crippen molar-refractivity contribution >= 4 is 16.0 Å². The summed E-state index contributed by atoms with van der Waals surface area (Å²) < 4.78 is 33.5. The number of hydrogen-bond acceptors (Lipinski definition) is 5. The Morgan fingerprint density at radius 2 is 1.61 bits per heavy atom. The summed E-state index contributed by atoms with van der Waals surface area (Å²) in [5.74, 6) is 0.325. The first-order valence-electron chi connectivity index (χ1n) is 9.23. The normalized spacial score (nSPS) is 11.2. The third-order valence-corrected chi connectivity index (χ3v) is 5.39. The molecule has 0 aliphatic heterocycles. The van der Waals surface area contributed by atoms with Crippen LogP contribution in [-0.4, -0.2) is 25.0 Å². The minimum atomic E-state index is -3.79.